The minimum Gasteiger partial charge on any atom is -0.468 e. The lowest BCUT2D eigenvalue weighted by Gasteiger charge is -2.31. The number of hydrogen-bond acceptors (Lipinski definition) is 5. The van der Waals surface area contributed by atoms with E-state index in [0.717, 1.165) is 16.8 Å². The number of carbonyl (C=O) groups excluding carboxylic acids is 2. The van der Waals surface area contributed by atoms with Crippen LogP contribution in [0.2, 0.25) is 0 Å². The molecule has 1 unspecified atom stereocenters. The lowest BCUT2D eigenvalue weighted by atomic mass is 9.84. The molecule has 2 aliphatic heterocycles. The van der Waals surface area contributed by atoms with Crippen LogP contribution in [0, 0.1) is 0 Å². The molecule has 7 heteroatoms. The van der Waals surface area contributed by atoms with E-state index in [1.54, 1.807) is 0 Å². The normalized spacial score (nSPS) is 19.8. The summed E-state index contributed by atoms with van der Waals surface area (Å²) in [6.45, 7) is 0. The van der Waals surface area contributed by atoms with Crippen LogP contribution in [0.15, 0.2) is 39.9 Å². The third-order valence-corrected chi connectivity index (χ3v) is 4.83. The summed E-state index contributed by atoms with van der Waals surface area (Å²) in [5.41, 5.74) is 2.54. The number of methoxy groups -OCH3 is 1. The predicted octanol–water partition coefficient (Wildman–Crippen LogP) is 2.69. The first-order valence-electron chi connectivity index (χ1n) is 6.67. The number of fused-ring (bicyclic) bond motifs is 3. The van der Waals surface area contributed by atoms with E-state index < -0.39 is 0 Å². The van der Waals surface area contributed by atoms with Crippen LogP contribution in [0.1, 0.15) is 17.9 Å². The molecule has 0 bridgehead atoms. The number of thioether (sulfide) groups is 1. The summed E-state index contributed by atoms with van der Waals surface area (Å²) < 4.78 is 4.63. The Morgan fingerprint density at radius 1 is 1.50 bits per heavy atom. The van der Waals surface area contributed by atoms with Crippen molar-refractivity contribution in [3.05, 3.63) is 40.4 Å². The molecule has 2 heterocycles. The maximum atomic E-state index is 12.0. The van der Waals surface area contributed by atoms with Crippen LogP contribution in [0.25, 0.3) is 0 Å². The van der Waals surface area contributed by atoms with Gasteiger partial charge in [-0.25, -0.2) is 4.99 Å². The zero-order valence-electron chi connectivity index (χ0n) is 11.8. The Kier molecular flexibility index (Phi) is 4.22. The molecule has 1 N–H and O–H groups in total. The van der Waals surface area contributed by atoms with Gasteiger partial charge in [0.1, 0.15) is 5.17 Å². The van der Waals surface area contributed by atoms with Gasteiger partial charge in [0.25, 0.3) is 0 Å². The maximum absolute atomic E-state index is 12.0. The predicted molar refractivity (Wildman–Crippen MR) is 86.4 cm³/mol. The van der Waals surface area contributed by atoms with Crippen molar-refractivity contribution in [2.75, 3.05) is 12.9 Å². The maximum Gasteiger partial charge on any atom is 0.316 e. The SMILES string of the molecule is COC(=O)CSC1=C2C(Cl)=Nc3ccccc3C2CC(=O)N1. The molecule has 0 spiro atoms. The van der Waals surface area contributed by atoms with Gasteiger partial charge in [0.15, 0.2) is 0 Å². The van der Waals surface area contributed by atoms with E-state index in [4.69, 9.17) is 11.6 Å². The van der Waals surface area contributed by atoms with E-state index in [1.165, 1.54) is 18.9 Å². The highest BCUT2D eigenvalue weighted by atomic mass is 35.5. The lowest BCUT2D eigenvalue weighted by Crippen LogP contribution is -2.34. The molecule has 5 nitrogen and oxygen atoms in total. The number of ether oxygens (including phenoxy) is 1. The van der Waals surface area contributed by atoms with Crippen molar-refractivity contribution in [1.82, 2.24) is 5.32 Å². The fourth-order valence-corrected chi connectivity index (χ4v) is 3.88. The number of para-hydroxylation sites is 1. The average Bonchev–Trinajstić information content (AvgIpc) is 2.52. The number of amides is 1. The summed E-state index contributed by atoms with van der Waals surface area (Å²) in [5.74, 6) is -0.482. The second-order valence-electron chi connectivity index (χ2n) is 4.87. The average molecular weight is 337 g/mol. The topological polar surface area (TPSA) is 67.8 Å². The number of hydrogen-bond donors (Lipinski definition) is 1. The third-order valence-electron chi connectivity index (χ3n) is 3.55. The number of benzene rings is 1. The molecule has 2 aliphatic rings. The zero-order valence-corrected chi connectivity index (χ0v) is 13.3. The quantitative estimate of drug-likeness (QED) is 0.862. The fourth-order valence-electron chi connectivity index (χ4n) is 2.55. The second kappa shape index (κ2) is 6.14. The van der Waals surface area contributed by atoms with Gasteiger partial charge in [0.2, 0.25) is 5.91 Å². The number of allylic oxidation sites excluding steroid dienone is 1. The van der Waals surface area contributed by atoms with Crippen LogP contribution < -0.4 is 5.32 Å². The molecule has 0 radical (unpaired) electrons. The van der Waals surface area contributed by atoms with Crippen LogP contribution >= 0.6 is 23.4 Å². The van der Waals surface area contributed by atoms with Gasteiger partial charge in [-0.05, 0) is 11.6 Å². The van der Waals surface area contributed by atoms with Crippen molar-refractivity contribution in [3.63, 3.8) is 0 Å². The number of esters is 1. The second-order valence-corrected chi connectivity index (χ2v) is 6.22. The van der Waals surface area contributed by atoms with E-state index in [9.17, 15) is 9.59 Å². The number of aliphatic imine (C=N–C) groups is 1. The summed E-state index contributed by atoms with van der Waals surface area (Å²) in [7, 11) is 1.33. The molecule has 1 aromatic carbocycles. The van der Waals surface area contributed by atoms with Gasteiger partial charge in [-0.3, -0.25) is 9.59 Å². The number of nitrogens with zero attached hydrogens (tertiary/aromatic N) is 1. The highest BCUT2D eigenvalue weighted by Crippen LogP contribution is 2.44. The van der Waals surface area contributed by atoms with Crippen LogP contribution in [-0.4, -0.2) is 29.9 Å². The van der Waals surface area contributed by atoms with Gasteiger partial charge in [-0.2, -0.15) is 0 Å². The summed E-state index contributed by atoms with van der Waals surface area (Å²) in [6.07, 6.45) is 0.320. The fraction of sp³-hybridized carbons (Fsp3) is 0.267. The molecule has 22 heavy (non-hydrogen) atoms. The third kappa shape index (κ3) is 2.76. The molecule has 1 aromatic rings. The first-order chi connectivity index (χ1) is 10.6. The Morgan fingerprint density at radius 2 is 2.27 bits per heavy atom. The highest BCUT2D eigenvalue weighted by Gasteiger charge is 2.35. The smallest absolute Gasteiger partial charge is 0.316 e. The number of rotatable bonds is 3. The summed E-state index contributed by atoms with van der Waals surface area (Å²) in [6, 6.07) is 7.63. The number of halogens is 1. The van der Waals surface area contributed by atoms with E-state index >= 15 is 0 Å². The molecular formula is C15H13ClN2O3S. The Bertz CT molecular complexity index is 714. The minimum absolute atomic E-state index is 0.0951. The van der Waals surface area contributed by atoms with Gasteiger partial charge in [0.05, 0.1) is 23.6 Å². The van der Waals surface area contributed by atoms with Crippen molar-refractivity contribution in [2.24, 2.45) is 4.99 Å². The van der Waals surface area contributed by atoms with Crippen molar-refractivity contribution >= 4 is 46.1 Å². The molecule has 0 aliphatic carbocycles. The van der Waals surface area contributed by atoms with Crippen molar-refractivity contribution < 1.29 is 14.3 Å². The Balaban J connectivity index is 2.02. The first kappa shape index (κ1) is 15.1. The van der Waals surface area contributed by atoms with Crippen LogP contribution in [-0.2, 0) is 14.3 Å². The first-order valence-corrected chi connectivity index (χ1v) is 8.03. The van der Waals surface area contributed by atoms with Gasteiger partial charge in [0, 0.05) is 17.9 Å². The van der Waals surface area contributed by atoms with Gasteiger partial charge in [-0.15, -0.1) is 0 Å². The monoisotopic (exact) mass is 336 g/mol. The van der Waals surface area contributed by atoms with Gasteiger partial charge < -0.3 is 10.1 Å². The standard InChI is InChI=1S/C15H13ClN2O3S/c1-21-12(20)7-22-15-13-9(6-11(19)18-15)8-4-2-3-5-10(8)17-14(13)16/h2-5,9H,6-7H2,1H3,(H,18,19). The van der Waals surface area contributed by atoms with Crippen LogP contribution in [0.5, 0.6) is 0 Å². The molecule has 0 saturated carbocycles. The molecular weight excluding hydrogens is 324 g/mol. The Hall–Kier alpha value is -1.79. The number of carbonyl (C=O) groups is 2. The molecule has 0 fully saturated rings. The van der Waals surface area contributed by atoms with Crippen molar-refractivity contribution in [2.45, 2.75) is 12.3 Å². The van der Waals surface area contributed by atoms with E-state index in [2.05, 4.69) is 15.0 Å². The number of nitrogens with one attached hydrogen (secondary N) is 1. The zero-order chi connectivity index (χ0) is 15.7. The highest BCUT2D eigenvalue weighted by molar-refractivity contribution is 8.03. The molecule has 0 aromatic heterocycles. The lowest BCUT2D eigenvalue weighted by molar-refractivity contribution is -0.137. The molecule has 1 amide bonds. The van der Waals surface area contributed by atoms with E-state index in [1.807, 2.05) is 24.3 Å². The minimum atomic E-state index is -0.362. The largest absolute Gasteiger partial charge is 0.468 e. The van der Waals surface area contributed by atoms with Gasteiger partial charge in [-0.1, -0.05) is 41.6 Å². The Labute approximate surface area is 136 Å². The Morgan fingerprint density at radius 3 is 3.05 bits per heavy atom. The molecule has 3 rings (SSSR count). The van der Waals surface area contributed by atoms with Gasteiger partial charge >= 0.3 is 5.97 Å². The van der Waals surface area contributed by atoms with Crippen molar-refractivity contribution in [1.29, 1.82) is 0 Å². The molecule has 1 atom stereocenters. The van der Waals surface area contributed by atoms with Crippen LogP contribution in [0.4, 0.5) is 5.69 Å². The summed E-state index contributed by atoms with van der Waals surface area (Å²) >= 11 is 7.53. The van der Waals surface area contributed by atoms with Crippen LogP contribution in [0.3, 0.4) is 0 Å². The molecule has 114 valence electrons. The summed E-state index contributed by atoms with van der Waals surface area (Å²) in [5, 5.41) is 3.72. The van der Waals surface area contributed by atoms with E-state index in [-0.39, 0.29) is 23.5 Å². The molecule has 0 saturated heterocycles. The van der Waals surface area contributed by atoms with Crippen molar-refractivity contribution in [3.8, 4) is 0 Å². The van der Waals surface area contributed by atoms with E-state index in [0.29, 0.717) is 16.6 Å². The summed E-state index contributed by atoms with van der Waals surface area (Å²) in [4.78, 5) is 27.7.